The van der Waals surface area contributed by atoms with Crippen molar-refractivity contribution in [3.05, 3.63) is 29.5 Å². The molecule has 0 bridgehead atoms. The first-order valence-electron chi connectivity index (χ1n) is 15.2. The van der Waals surface area contributed by atoms with Crippen LogP contribution in [0.2, 0.25) is 5.02 Å². The van der Waals surface area contributed by atoms with Crippen LogP contribution in [-0.2, 0) is 16.5 Å². The highest BCUT2D eigenvalue weighted by Gasteiger charge is 2.47. The van der Waals surface area contributed by atoms with Crippen LogP contribution in [-0.4, -0.2) is 80.3 Å². The fraction of sp³-hybridized carbons (Fsp3) is 0.581. The van der Waals surface area contributed by atoms with Crippen LogP contribution in [0, 0.1) is 5.41 Å². The van der Waals surface area contributed by atoms with Gasteiger partial charge in [0, 0.05) is 49.7 Å². The molecule has 1 spiro atoms. The summed E-state index contributed by atoms with van der Waals surface area (Å²) in [4.78, 5) is 39.9. The highest BCUT2D eigenvalue weighted by molar-refractivity contribution is 7.99. The van der Waals surface area contributed by atoms with Crippen molar-refractivity contribution < 1.29 is 19.1 Å². The van der Waals surface area contributed by atoms with Gasteiger partial charge in [-0.2, -0.15) is 5.10 Å². The lowest BCUT2D eigenvalue weighted by Crippen LogP contribution is -2.62. The van der Waals surface area contributed by atoms with Crippen LogP contribution in [0.15, 0.2) is 34.4 Å². The van der Waals surface area contributed by atoms with Gasteiger partial charge in [-0.05, 0) is 78.4 Å². The number of nitrogens with one attached hydrogen (secondary N) is 1. The molecule has 12 nitrogen and oxygen atoms in total. The number of nitrogens with two attached hydrogens (primary N) is 1. The molecule has 244 valence electrons. The van der Waals surface area contributed by atoms with Crippen molar-refractivity contribution in [3.63, 3.8) is 0 Å². The number of nitrogens with zero attached hydrogens (tertiary/aromatic N) is 6. The first kappa shape index (κ1) is 32.9. The number of aromatic nitrogens is 4. The number of halogens is 1. The van der Waals surface area contributed by atoms with Gasteiger partial charge in [0.1, 0.15) is 22.0 Å². The summed E-state index contributed by atoms with van der Waals surface area (Å²) < 4.78 is 13.0. The Kier molecular flexibility index (Phi) is 9.07. The minimum atomic E-state index is -0.639. The number of nitrogen functional groups attached to an aromatic ring is 1. The summed E-state index contributed by atoms with van der Waals surface area (Å²) in [5.74, 6) is 1.03. The highest BCUT2D eigenvalue weighted by atomic mass is 35.5. The molecule has 2 fully saturated rings. The number of ether oxygens (including phenoxy) is 2. The third-order valence-electron chi connectivity index (χ3n) is 8.11. The topological polar surface area (TPSA) is 141 Å². The average molecular weight is 659 g/mol. The zero-order chi connectivity index (χ0) is 32.7. The van der Waals surface area contributed by atoms with Crippen molar-refractivity contribution in [2.24, 2.45) is 12.5 Å². The van der Waals surface area contributed by atoms with E-state index in [0.717, 1.165) is 35.1 Å². The predicted octanol–water partition coefficient (Wildman–Crippen LogP) is 5.87. The number of benzene rings is 1. The van der Waals surface area contributed by atoms with Gasteiger partial charge in [-0.1, -0.05) is 23.4 Å². The van der Waals surface area contributed by atoms with E-state index in [1.54, 1.807) is 15.8 Å². The van der Waals surface area contributed by atoms with E-state index in [0.29, 0.717) is 47.9 Å². The fourth-order valence-electron chi connectivity index (χ4n) is 5.91. The normalized spacial score (nSPS) is 18.7. The number of aryl methyl sites for hydroxylation is 1. The average Bonchev–Trinajstić information content (AvgIpc) is 3.32. The summed E-state index contributed by atoms with van der Waals surface area (Å²) in [6, 6.07) is 3.54. The van der Waals surface area contributed by atoms with Gasteiger partial charge in [-0.15, -0.1) is 0 Å². The van der Waals surface area contributed by atoms with E-state index in [-0.39, 0.29) is 17.6 Å². The molecule has 2 aromatic heterocycles. The summed E-state index contributed by atoms with van der Waals surface area (Å²) in [5.41, 5.74) is 5.76. The molecular formula is C31H43ClN8O4S. The summed E-state index contributed by atoms with van der Waals surface area (Å²) in [6.45, 7) is 13.3. The standard InChI is InChI=1S/C31H43ClN8O4S/c1-29(2,3)43-27(41)35-22-18-40(28(42)44-30(4,5)6)15-12-31(22)10-13-39(14-11-31)23-16-34-26(25(33)36-23)45-21-9-8-20-19(24(21)32)17-38(7)37-20/h8-9,16-17,22H,10-15,18H2,1-7H3,(H2,33,36)(H,35,41). The van der Waals surface area contributed by atoms with Gasteiger partial charge in [0.25, 0.3) is 0 Å². The highest BCUT2D eigenvalue weighted by Crippen LogP contribution is 2.43. The van der Waals surface area contributed by atoms with E-state index in [4.69, 9.17) is 31.8 Å². The van der Waals surface area contributed by atoms with Gasteiger partial charge in [0.15, 0.2) is 5.82 Å². The molecule has 2 aliphatic heterocycles. The Hall–Kier alpha value is -3.45. The minimum absolute atomic E-state index is 0.220. The monoisotopic (exact) mass is 658 g/mol. The zero-order valence-corrected chi connectivity index (χ0v) is 28.6. The molecule has 3 aromatic rings. The van der Waals surface area contributed by atoms with E-state index >= 15 is 0 Å². The molecule has 5 rings (SSSR count). The predicted molar refractivity (Wildman–Crippen MR) is 176 cm³/mol. The third kappa shape index (κ3) is 7.69. The van der Waals surface area contributed by atoms with Gasteiger partial charge in [0.05, 0.1) is 22.8 Å². The molecule has 0 aliphatic carbocycles. The Balaban J connectivity index is 1.28. The molecule has 4 heterocycles. The van der Waals surface area contributed by atoms with Crippen molar-refractivity contribution in [1.82, 2.24) is 30.0 Å². The van der Waals surface area contributed by atoms with Crippen LogP contribution in [0.3, 0.4) is 0 Å². The van der Waals surface area contributed by atoms with Crippen molar-refractivity contribution >= 4 is 58.1 Å². The minimum Gasteiger partial charge on any atom is -0.444 e. The van der Waals surface area contributed by atoms with Crippen LogP contribution >= 0.6 is 23.4 Å². The summed E-state index contributed by atoms with van der Waals surface area (Å²) in [6.07, 6.45) is 5.06. The first-order chi connectivity index (χ1) is 21.0. The molecule has 2 aliphatic rings. The lowest BCUT2D eigenvalue weighted by atomic mass is 9.68. The van der Waals surface area contributed by atoms with E-state index in [1.165, 1.54) is 11.8 Å². The number of hydrogen-bond acceptors (Lipinski definition) is 10. The Morgan fingerprint density at radius 2 is 1.73 bits per heavy atom. The van der Waals surface area contributed by atoms with E-state index in [1.807, 2.05) is 66.9 Å². The number of anilines is 2. The van der Waals surface area contributed by atoms with Gasteiger partial charge in [-0.3, -0.25) is 4.68 Å². The quantitative estimate of drug-likeness (QED) is 0.350. The maximum Gasteiger partial charge on any atom is 0.410 e. The third-order valence-corrected chi connectivity index (χ3v) is 9.70. The van der Waals surface area contributed by atoms with Crippen molar-refractivity contribution in [1.29, 1.82) is 0 Å². The van der Waals surface area contributed by atoms with Gasteiger partial charge >= 0.3 is 12.2 Å². The molecule has 0 radical (unpaired) electrons. The zero-order valence-electron chi connectivity index (χ0n) is 27.0. The van der Waals surface area contributed by atoms with Crippen LogP contribution in [0.4, 0.5) is 21.2 Å². The summed E-state index contributed by atoms with van der Waals surface area (Å²) >= 11 is 8.05. The molecule has 1 atom stereocenters. The molecule has 0 saturated carbocycles. The maximum absolute atomic E-state index is 12.9. The maximum atomic E-state index is 12.9. The Labute approximate surface area is 273 Å². The van der Waals surface area contributed by atoms with Crippen LogP contribution in [0.25, 0.3) is 10.9 Å². The molecule has 1 aromatic carbocycles. The molecule has 2 amide bonds. The Morgan fingerprint density at radius 3 is 2.38 bits per heavy atom. The smallest absolute Gasteiger partial charge is 0.410 e. The first-order valence-corrected chi connectivity index (χ1v) is 16.4. The van der Waals surface area contributed by atoms with Crippen LogP contribution < -0.4 is 16.0 Å². The largest absolute Gasteiger partial charge is 0.444 e. The SMILES string of the molecule is Cn1cc2c(Cl)c(Sc3ncc(N4CCC5(CCN(C(=O)OC(C)(C)C)CC5NC(=O)OC(C)(C)C)CC4)nc3N)ccc2n1. The Morgan fingerprint density at radius 1 is 1.07 bits per heavy atom. The van der Waals surface area contributed by atoms with Crippen LogP contribution in [0.5, 0.6) is 0 Å². The molecule has 3 N–H and O–H groups in total. The van der Waals surface area contributed by atoms with Gasteiger partial charge in [-0.25, -0.2) is 19.6 Å². The van der Waals surface area contributed by atoms with Gasteiger partial charge in [0.2, 0.25) is 0 Å². The van der Waals surface area contributed by atoms with Crippen molar-refractivity contribution in [2.45, 2.75) is 88.0 Å². The van der Waals surface area contributed by atoms with Gasteiger partial charge < -0.3 is 30.3 Å². The molecule has 2 saturated heterocycles. The van der Waals surface area contributed by atoms with Crippen molar-refractivity contribution in [2.75, 3.05) is 36.8 Å². The number of piperidine rings is 2. The number of fused-ring (bicyclic) bond motifs is 1. The second-order valence-corrected chi connectivity index (χ2v) is 15.3. The van der Waals surface area contributed by atoms with Crippen LogP contribution in [0.1, 0.15) is 60.8 Å². The number of carbonyl (C=O) groups is 2. The lowest BCUT2D eigenvalue weighted by molar-refractivity contribution is -0.0105. The van der Waals surface area contributed by atoms with E-state index in [9.17, 15) is 9.59 Å². The molecule has 1 unspecified atom stereocenters. The number of likely N-dealkylation sites (tertiary alicyclic amines) is 1. The molecule has 14 heteroatoms. The second kappa shape index (κ2) is 12.4. The molecule has 45 heavy (non-hydrogen) atoms. The van der Waals surface area contributed by atoms with Crippen molar-refractivity contribution in [3.8, 4) is 0 Å². The second-order valence-electron chi connectivity index (χ2n) is 13.9. The number of rotatable bonds is 4. The fourth-order valence-corrected chi connectivity index (χ4v) is 7.04. The number of alkyl carbamates (subject to hydrolysis) is 1. The summed E-state index contributed by atoms with van der Waals surface area (Å²) in [5, 5.41) is 9.55. The van der Waals surface area contributed by atoms with E-state index < -0.39 is 17.3 Å². The lowest BCUT2D eigenvalue weighted by Gasteiger charge is -2.51. The Bertz CT molecular complexity index is 1580. The number of carbonyl (C=O) groups excluding carboxylic acids is 2. The molecular weight excluding hydrogens is 616 g/mol. The number of hydrogen-bond donors (Lipinski definition) is 2. The number of amides is 2. The van der Waals surface area contributed by atoms with E-state index in [2.05, 4.69) is 20.3 Å². The summed E-state index contributed by atoms with van der Waals surface area (Å²) in [7, 11) is 1.86.